The number of thiophene rings is 1. The first-order chi connectivity index (χ1) is 10.9. The van der Waals surface area contributed by atoms with Crippen molar-refractivity contribution in [1.29, 1.82) is 0 Å². The third kappa shape index (κ3) is 3.59. The van der Waals surface area contributed by atoms with Gasteiger partial charge in [-0.25, -0.2) is 4.98 Å². The van der Waals surface area contributed by atoms with Crippen LogP contribution in [0.15, 0.2) is 36.4 Å². The number of hydrogen-bond acceptors (Lipinski definition) is 3. The molecule has 0 radical (unpaired) electrons. The van der Waals surface area contributed by atoms with E-state index in [1.807, 2.05) is 31.2 Å². The average Bonchev–Trinajstić information content (AvgIpc) is 2.83. The lowest BCUT2D eigenvalue weighted by atomic mass is 10.1. The lowest BCUT2D eigenvalue weighted by Crippen LogP contribution is -1.92. The molecule has 0 amide bonds. The van der Waals surface area contributed by atoms with E-state index in [2.05, 4.69) is 4.98 Å². The molecule has 0 aliphatic rings. The number of aromatic nitrogens is 1. The van der Waals surface area contributed by atoms with E-state index in [0.717, 1.165) is 27.8 Å². The molecular formula is C17H10Cl3NOS. The highest BCUT2D eigenvalue weighted by atomic mass is 35.5. The predicted octanol–water partition coefficient (Wildman–Crippen LogP) is 6.46. The van der Waals surface area contributed by atoms with E-state index in [0.29, 0.717) is 25.0 Å². The minimum Gasteiger partial charge on any atom is -0.289 e. The molecule has 2 nitrogen and oxygen atoms in total. The van der Waals surface area contributed by atoms with E-state index < -0.39 is 0 Å². The molecule has 0 bridgehead atoms. The van der Waals surface area contributed by atoms with Gasteiger partial charge in [0.05, 0.1) is 15.4 Å². The highest BCUT2D eigenvalue weighted by Gasteiger charge is 2.12. The van der Waals surface area contributed by atoms with Crippen LogP contribution in [0.25, 0.3) is 17.0 Å². The summed E-state index contributed by atoms with van der Waals surface area (Å²) < 4.78 is 0.857. The Balaban J connectivity index is 1.94. The van der Waals surface area contributed by atoms with Gasteiger partial charge in [-0.1, -0.05) is 46.9 Å². The Morgan fingerprint density at radius 3 is 2.65 bits per heavy atom. The van der Waals surface area contributed by atoms with Crippen molar-refractivity contribution in [1.82, 2.24) is 4.98 Å². The standard InChI is InChI=1S/C17H10Cl3NOS/c1-9-2-3-10-7-11(16(19)21-13(10)6-9)4-5-14(22)12-8-15(18)23-17(12)20/h2-8H,1H3. The van der Waals surface area contributed by atoms with Crippen molar-refractivity contribution in [2.24, 2.45) is 0 Å². The summed E-state index contributed by atoms with van der Waals surface area (Å²) >= 11 is 19.2. The van der Waals surface area contributed by atoms with Crippen LogP contribution < -0.4 is 0 Å². The Hall–Kier alpha value is -1.39. The quantitative estimate of drug-likeness (QED) is 0.295. The molecule has 3 aromatic rings. The number of allylic oxidation sites excluding steroid dienone is 1. The molecule has 3 rings (SSSR count). The second kappa shape index (κ2) is 6.62. The van der Waals surface area contributed by atoms with E-state index >= 15 is 0 Å². The molecule has 0 N–H and O–H groups in total. The normalized spacial score (nSPS) is 11.5. The van der Waals surface area contributed by atoms with Crippen LogP contribution in [0.2, 0.25) is 13.8 Å². The first-order valence-electron chi connectivity index (χ1n) is 6.68. The van der Waals surface area contributed by atoms with Crippen molar-refractivity contribution in [2.75, 3.05) is 0 Å². The molecule has 0 aliphatic carbocycles. The molecule has 116 valence electrons. The van der Waals surface area contributed by atoms with Gasteiger partial charge < -0.3 is 0 Å². The van der Waals surface area contributed by atoms with Gasteiger partial charge in [0.15, 0.2) is 5.78 Å². The summed E-state index contributed by atoms with van der Waals surface area (Å²) in [6.07, 6.45) is 3.06. The van der Waals surface area contributed by atoms with Crippen LogP contribution in [-0.2, 0) is 0 Å². The molecule has 0 atom stereocenters. The molecule has 0 saturated carbocycles. The fraction of sp³-hybridized carbons (Fsp3) is 0.0588. The van der Waals surface area contributed by atoms with Crippen molar-refractivity contribution in [3.8, 4) is 0 Å². The lowest BCUT2D eigenvalue weighted by Gasteiger charge is -2.03. The summed E-state index contributed by atoms with van der Waals surface area (Å²) in [6, 6.07) is 9.40. The van der Waals surface area contributed by atoms with Crippen LogP contribution in [0.1, 0.15) is 21.5 Å². The van der Waals surface area contributed by atoms with Gasteiger partial charge in [0, 0.05) is 10.9 Å². The maximum Gasteiger partial charge on any atom is 0.188 e. The van der Waals surface area contributed by atoms with E-state index in [1.54, 1.807) is 12.1 Å². The van der Waals surface area contributed by atoms with Crippen molar-refractivity contribution in [3.63, 3.8) is 0 Å². The van der Waals surface area contributed by atoms with Gasteiger partial charge in [0.2, 0.25) is 0 Å². The van der Waals surface area contributed by atoms with E-state index in [-0.39, 0.29) is 5.78 Å². The molecule has 0 aliphatic heterocycles. The Morgan fingerprint density at radius 2 is 1.96 bits per heavy atom. The number of nitrogens with zero attached hydrogens (tertiary/aromatic N) is 1. The molecule has 23 heavy (non-hydrogen) atoms. The highest BCUT2D eigenvalue weighted by molar-refractivity contribution is 7.20. The zero-order chi connectivity index (χ0) is 16.6. The summed E-state index contributed by atoms with van der Waals surface area (Å²) in [5.74, 6) is -0.224. The highest BCUT2D eigenvalue weighted by Crippen LogP contribution is 2.32. The van der Waals surface area contributed by atoms with Crippen LogP contribution in [-0.4, -0.2) is 10.8 Å². The lowest BCUT2D eigenvalue weighted by molar-refractivity contribution is 0.104. The van der Waals surface area contributed by atoms with Gasteiger partial charge in [-0.2, -0.15) is 0 Å². The van der Waals surface area contributed by atoms with Gasteiger partial charge in [-0.3, -0.25) is 4.79 Å². The third-order valence-corrected chi connectivity index (χ3v) is 5.08. The van der Waals surface area contributed by atoms with Crippen LogP contribution in [0.3, 0.4) is 0 Å². The first-order valence-corrected chi connectivity index (χ1v) is 8.63. The Kier molecular flexibility index (Phi) is 4.74. The minimum absolute atomic E-state index is 0.224. The average molecular weight is 383 g/mol. The minimum atomic E-state index is -0.224. The van der Waals surface area contributed by atoms with E-state index in [1.165, 1.54) is 6.08 Å². The van der Waals surface area contributed by atoms with Gasteiger partial charge in [0.25, 0.3) is 0 Å². The maximum atomic E-state index is 12.2. The Labute approximate surface area is 152 Å². The summed E-state index contributed by atoms with van der Waals surface area (Å²) in [7, 11) is 0. The number of benzene rings is 1. The zero-order valence-corrected chi connectivity index (χ0v) is 15.0. The van der Waals surface area contributed by atoms with Crippen LogP contribution in [0.5, 0.6) is 0 Å². The molecule has 1 aromatic carbocycles. The fourth-order valence-corrected chi connectivity index (χ4v) is 3.83. The van der Waals surface area contributed by atoms with Crippen molar-refractivity contribution in [3.05, 3.63) is 66.9 Å². The predicted molar refractivity (Wildman–Crippen MR) is 99.2 cm³/mol. The molecule has 0 fully saturated rings. The van der Waals surface area contributed by atoms with Crippen molar-refractivity contribution >= 4 is 68.9 Å². The summed E-state index contributed by atoms with van der Waals surface area (Å²) in [4.78, 5) is 16.6. The molecule has 0 spiro atoms. The Morgan fingerprint density at radius 1 is 1.17 bits per heavy atom. The summed E-state index contributed by atoms with van der Waals surface area (Å²) in [6.45, 7) is 2.00. The van der Waals surface area contributed by atoms with Crippen LogP contribution in [0.4, 0.5) is 0 Å². The number of aryl methyl sites for hydroxylation is 1. The molecule has 2 heterocycles. The number of ketones is 1. The van der Waals surface area contributed by atoms with Crippen LogP contribution >= 0.6 is 46.1 Å². The topological polar surface area (TPSA) is 30.0 Å². The molecule has 0 saturated heterocycles. The van der Waals surface area contributed by atoms with Crippen LogP contribution in [0, 0.1) is 6.92 Å². The zero-order valence-electron chi connectivity index (χ0n) is 11.9. The second-order valence-corrected chi connectivity index (χ2v) is 7.64. The third-order valence-electron chi connectivity index (χ3n) is 3.29. The monoisotopic (exact) mass is 381 g/mol. The number of halogens is 3. The van der Waals surface area contributed by atoms with Gasteiger partial charge in [0.1, 0.15) is 9.49 Å². The number of carbonyl (C=O) groups excluding carboxylic acids is 1. The molecule has 0 unspecified atom stereocenters. The van der Waals surface area contributed by atoms with E-state index in [9.17, 15) is 4.79 Å². The molecule has 2 aromatic heterocycles. The number of rotatable bonds is 3. The van der Waals surface area contributed by atoms with Gasteiger partial charge in [-0.15, -0.1) is 11.3 Å². The largest absolute Gasteiger partial charge is 0.289 e. The smallest absolute Gasteiger partial charge is 0.188 e. The van der Waals surface area contributed by atoms with Crippen molar-refractivity contribution < 1.29 is 4.79 Å². The molecule has 6 heteroatoms. The summed E-state index contributed by atoms with van der Waals surface area (Å²) in [5, 5.41) is 1.31. The number of hydrogen-bond donors (Lipinski definition) is 0. The van der Waals surface area contributed by atoms with Gasteiger partial charge >= 0.3 is 0 Å². The molecular weight excluding hydrogens is 373 g/mol. The van der Waals surface area contributed by atoms with Gasteiger partial charge in [-0.05, 0) is 42.8 Å². The Bertz CT molecular complexity index is 946. The SMILES string of the molecule is Cc1ccc2cc(C=CC(=O)c3cc(Cl)sc3Cl)c(Cl)nc2c1. The number of carbonyl (C=O) groups is 1. The fourth-order valence-electron chi connectivity index (χ4n) is 2.15. The number of fused-ring (bicyclic) bond motifs is 1. The summed E-state index contributed by atoms with van der Waals surface area (Å²) in [5.41, 5.74) is 3.00. The second-order valence-electron chi connectivity index (χ2n) is 5.00. The maximum absolute atomic E-state index is 12.2. The number of pyridine rings is 1. The van der Waals surface area contributed by atoms with E-state index in [4.69, 9.17) is 34.8 Å². The first kappa shape index (κ1) is 16.5. The van der Waals surface area contributed by atoms with Crippen molar-refractivity contribution in [2.45, 2.75) is 6.92 Å².